The molecule has 0 saturated heterocycles. The molecule has 0 bridgehead atoms. The van der Waals surface area contributed by atoms with E-state index in [1.807, 2.05) is 26.0 Å². The van der Waals surface area contributed by atoms with Gasteiger partial charge >= 0.3 is 5.97 Å². The molecule has 0 aliphatic heterocycles. The number of hydrogen-bond donors (Lipinski definition) is 0. The fourth-order valence-electron chi connectivity index (χ4n) is 2.60. The molecule has 0 aliphatic rings. The second-order valence-electron chi connectivity index (χ2n) is 6.29. The maximum Gasteiger partial charge on any atom is 0.339 e. The van der Waals surface area contributed by atoms with E-state index in [0.717, 1.165) is 18.4 Å². The maximum atomic E-state index is 12.8. The summed E-state index contributed by atoms with van der Waals surface area (Å²) in [6.45, 7) is 4.12. The van der Waals surface area contributed by atoms with E-state index in [4.69, 9.17) is 4.74 Å². The third-order valence-electron chi connectivity index (χ3n) is 4.20. The SMILES string of the molecule is CCCCOC(=O)c1csc2ncn(CC(=O)c3ccc(C)cc3)c(=O)c12. The molecule has 0 amide bonds. The van der Waals surface area contributed by atoms with Crippen molar-refractivity contribution in [1.29, 1.82) is 0 Å². The van der Waals surface area contributed by atoms with Gasteiger partial charge in [0.25, 0.3) is 5.56 Å². The number of ether oxygens (including phenoxy) is 1. The van der Waals surface area contributed by atoms with Crippen LogP contribution < -0.4 is 5.56 Å². The largest absolute Gasteiger partial charge is 0.462 e. The number of fused-ring (bicyclic) bond motifs is 1. The van der Waals surface area contributed by atoms with Crippen LogP contribution in [0.5, 0.6) is 0 Å². The van der Waals surface area contributed by atoms with Crippen molar-refractivity contribution in [2.24, 2.45) is 0 Å². The van der Waals surface area contributed by atoms with E-state index < -0.39 is 11.5 Å². The Morgan fingerprint density at radius 2 is 1.96 bits per heavy atom. The number of Topliss-reactive ketones (excluding diaryl/α,β-unsaturated/α-hetero) is 1. The van der Waals surface area contributed by atoms with E-state index in [2.05, 4.69) is 4.98 Å². The van der Waals surface area contributed by atoms with E-state index >= 15 is 0 Å². The van der Waals surface area contributed by atoms with Gasteiger partial charge in [-0.25, -0.2) is 9.78 Å². The second kappa shape index (κ2) is 8.26. The highest BCUT2D eigenvalue weighted by atomic mass is 32.1. The minimum absolute atomic E-state index is 0.134. The zero-order valence-electron chi connectivity index (χ0n) is 15.2. The van der Waals surface area contributed by atoms with Crippen LogP contribution in [-0.4, -0.2) is 27.9 Å². The Morgan fingerprint density at radius 3 is 2.67 bits per heavy atom. The van der Waals surface area contributed by atoms with Crippen molar-refractivity contribution in [3.63, 3.8) is 0 Å². The van der Waals surface area contributed by atoms with E-state index in [9.17, 15) is 14.4 Å². The van der Waals surface area contributed by atoms with Crippen molar-refractivity contribution < 1.29 is 14.3 Å². The predicted molar refractivity (Wildman–Crippen MR) is 105 cm³/mol. The van der Waals surface area contributed by atoms with Gasteiger partial charge in [-0.3, -0.25) is 14.2 Å². The topological polar surface area (TPSA) is 78.3 Å². The molecule has 0 atom stereocenters. The van der Waals surface area contributed by atoms with Crippen LogP contribution in [0.4, 0.5) is 0 Å². The van der Waals surface area contributed by atoms with Gasteiger partial charge < -0.3 is 4.74 Å². The first-order valence-electron chi connectivity index (χ1n) is 8.75. The smallest absolute Gasteiger partial charge is 0.339 e. The first-order chi connectivity index (χ1) is 13.0. The summed E-state index contributed by atoms with van der Waals surface area (Å²) >= 11 is 1.21. The van der Waals surface area contributed by atoms with Crippen molar-refractivity contribution >= 4 is 33.3 Å². The quantitative estimate of drug-likeness (QED) is 0.353. The summed E-state index contributed by atoms with van der Waals surface area (Å²) in [7, 11) is 0. The van der Waals surface area contributed by atoms with Gasteiger partial charge in [0.05, 0.1) is 30.4 Å². The lowest BCUT2D eigenvalue weighted by Crippen LogP contribution is -2.25. The molecule has 27 heavy (non-hydrogen) atoms. The Balaban J connectivity index is 1.89. The number of aromatic nitrogens is 2. The molecule has 2 heterocycles. The van der Waals surface area contributed by atoms with Crippen LogP contribution in [0.25, 0.3) is 10.2 Å². The number of unbranched alkanes of at least 4 members (excludes halogenated alkanes) is 1. The number of ketones is 1. The lowest BCUT2D eigenvalue weighted by Gasteiger charge is -2.06. The standard InChI is InChI=1S/C20H20N2O4S/c1-3-4-9-26-20(25)15-11-27-18-17(15)19(24)22(12-21-18)10-16(23)14-7-5-13(2)6-8-14/h5-8,11-12H,3-4,9-10H2,1-2H3. The summed E-state index contributed by atoms with van der Waals surface area (Å²) in [5.74, 6) is -0.725. The third-order valence-corrected chi connectivity index (χ3v) is 5.09. The molecule has 1 aromatic carbocycles. The molecule has 3 rings (SSSR count). The summed E-state index contributed by atoms with van der Waals surface area (Å²) in [6.07, 6.45) is 3.02. The summed E-state index contributed by atoms with van der Waals surface area (Å²) in [5, 5.41) is 1.79. The lowest BCUT2D eigenvalue weighted by atomic mass is 10.1. The van der Waals surface area contributed by atoms with E-state index in [1.54, 1.807) is 17.5 Å². The number of esters is 1. The maximum absolute atomic E-state index is 12.8. The van der Waals surface area contributed by atoms with Crippen LogP contribution in [0, 0.1) is 6.92 Å². The van der Waals surface area contributed by atoms with E-state index in [1.165, 1.54) is 22.2 Å². The van der Waals surface area contributed by atoms with E-state index in [-0.39, 0.29) is 23.3 Å². The van der Waals surface area contributed by atoms with Gasteiger partial charge in [0, 0.05) is 10.9 Å². The van der Waals surface area contributed by atoms with Gasteiger partial charge in [-0.05, 0) is 13.3 Å². The van der Waals surface area contributed by atoms with Crippen molar-refractivity contribution in [1.82, 2.24) is 9.55 Å². The molecule has 0 spiro atoms. The fraction of sp³-hybridized carbons (Fsp3) is 0.300. The number of thiophene rings is 1. The molecular formula is C20H20N2O4S. The second-order valence-corrected chi connectivity index (χ2v) is 7.14. The number of aryl methyl sites for hydroxylation is 1. The van der Waals surface area contributed by atoms with Gasteiger partial charge in [-0.1, -0.05) is 43.2 Å². The number of nitrogens with zero attached hydrogens (tertiary/aromatic N) is 2. The highest BCUT2D eigenvalue weighted by Gasteiger charge is 2.19. The minimum atomic E-state index is -0.531. The highest BCUT2D eigenvalue weighted by Crippen LogP contribution is 2.21. The van der Waals surface area contributed by atoms with Crippen molar-refractivity contribution in [2.75, 3.05) is 6.61 Å². The molecule has 0 aliphatic carbocycles. The average molecular weight is 384 g/mol. The fourth-order valence-corrected chi connectivity index (χ4v) is 3.47. The van der Waals surface area contributed by atoms with Crippen LogP contribution >= 0.6 is 11.3 Å². The Hall–Kier alpha value is -2.80. The first-order valence-corrected chi connectivity index (χ1v) is 9.63. The van der Waals surface area contributed by atoms with Crippen molar-refractivity contribution in [3.8, 4) is 0 Å². The van der Waals surface area contributed by atoms with Crippen molar-refractivity contribution in [2.45, 2.75) is 33.2 Å². The molecule has 0 N–H and O–H groups in total. The average Bonchev–Trinajstić information content (AvgIpc) is 3.09. The third kappa shape index (κ3) is 4.14. The van der Waals surface area contributed by atoms with Crippen LogP contribution in [-0.2, 0) is 11.3 Å². The molecule has 6 nitrogen and oxygen atoms in total. The zero-order chi connectivity index (χ0) is 19.4. The van der Waals surface area contributed by atoms with Crippen molar-refractivity contribution in [3.05, 3.63) is 63.0 Å². The van der Waals surface area contributed by atoms with Crippen LogP contribution in [0.2, 0.25) is 0 Å². The molecular weight excluding hydrogens is 364 g/mol. The van der Waals surface area contributed by atoms with Crippen LogP contribution in [0.1, 0.15) is 46.0 Å². The van der Waals surface area contributed by atoms with Gasteiger partial charge in [0.15, 0.2) is 5.78 Å². The van der Waals surface area contributed by atoms with Gasteiger partial charge in [-0.2, -0.15) is 0 Å². The molecule has 140 valence electrons. The first kappa shape index (κ1) is 19.0. The molecule has 3 aromatic rings. The monoisotopic (exact) mass is 384 g/mol. The highest BCUT2D eigenvalue weighted by molar-refractivity contribution is 7.17. The number of rotatable bonds is 7. The number of carbonyl (C=O) groups excluding carboxylic acids is 2. The molecule has 0 radical (unpaired) electrons. The molecule has 2 aromatic heterocycles. The molecule has 0 unspecified atom stereocenters. The summed E-state index contributed by atoms with van der Waals surface area (Å²) in [5.41, 5.74) is 1.37. The summed E-state index contributed by atoms with van der Waals surface area (Å²) in [4.78, 5) is 42.3. The van der Waals surface area contributed by atoms with E-state index in [0.29, 0.717) is 17.0 Å². The Labute approximate surface area is 160 Å². The predicted octanol–water partition coefficient (Wildman–Crippen LogP) is 3.61. The molecule has 7 heteroatoms. The number of benzene rings is 1. The van der Waals surface area contributed by atoms with Crippen LogP contribution in [0.3, 0.4) is 0 Å². The minimum Gasteiger partial charge on any atom is -0.462 e. The number of hydrogen-bond acceptors (Lipinski definition) is 6. The Morgan fingerprint density at radius 1 is 1.22 bits per heavy atom. The van der Waals surface area contributed by atoms with Gasteiger partial charge in [-0.15, -0.1) is 11.3 Å². The Bertz CT molecular complexity index is 1030. The van der Waals surface area contributed by atoms with Crippen LogP contribution in [0.15, 0.2) is 40.8 Å². The normalized spacial score (nSPS) is 10.9. The zero-order valence-corrected chi connectivity index (χ0v) is 16.0. The summed E-state index contributed by atoms with van der Waals surface area (Å²) in [6, 6.07) is 7.16. The van der Waals surface area contributed by atoms with Gasteiger partial charge in [0.1, 0.15) is 4.83 Å². The lowest BCUT2D eigenvalue weighted by molar-refractivity contribution is 0.0502. The van der Waals surface area contributed by atoms with Gasteiger partial charge in [0.2, 0.25) is 0 Å². The number of carbonyl (C=O) groups is 2. The summed E-state index contributed by atoms with van der Waals surface area (Å²) < 4.78 is 6.45. The molecule has 0 fully saturated rings. The Kier molecular flexibility index (Phi) is 5.81. The molecule has 0 saturated carbocycles.